The zero-order valence-electron chi connectivity index (χ0n) is 19.3. The van der Waals surface area contributed by atoms with Crippen LogP contribution in [0.15, 0.2) is 48.5 Å². The van der Waals surface area contributed by atoms with E-state index in [9.17, 15) is 14.4 Å². The Morgan fingerprint density at radius 1 is 1.00 bits per heavy atom. The molecule has 0 spiro atoms. The molecule has 8 heteroatoms. The maximum atomic E-state index is 13.0. The molecule has 2 N–H and O–H groups in total. The van der Waals surface area contributed by atoms with Gasteiger partial charge < -0.3 is 25.0 Å². The molecular formula is C25H31N3O5. The number of ether oxygens (including phenoxy) is 2. The molecule has 0 unspecified atom stereocenters. The predicted molar refractivity (Wildman–Crippen MR) is 124 cm³/mol. The largest absolute Gasteiger partial charge is 0.493 e. The van der Waals surface area contributed by atoms with Gasteiger partial charge in [-0.3, -0.25) is 14.4 Å². The molecule has 0 aliphatic carbocycles. The zero-order valence-corrected chi connectivity index (χ0v) is 19.3. The van der Waals surface area contributed by atoms with Crippen molar-refractivity contribution in [1.29, 1.82) is 0 Å². The number of piperidine rings is 1. The summed E-state index contributed by atoms with van der Waals surface area (Å²) < 4.78 is 10.6. The quantitative estimate of drug-likeness (QED) is 0.639. The molecule has 33 heavy (non-hydrogen) atoms. The van der Waals surface area contributed by atoms with E-state index >= 15 is 0 Å². The zero-order chi connectivity index (χ0) is 23.8. The normalized spacial score (nSPS) is 14.8. The van der Waals surface area contributed by atoms with Crippen LogP contribution in [0.5, 0.6) is 11.5 Å². The smallest absolute Gasteiger partial charge is 0.253 e. The van der Waals surface area contributed by atoms with E-state index in [1.807, 2.05) is 41.3 Å². The third-order valence-electron chi connectivity index (χ3n) is 5.73. The summed E-state index contributed by atoms with van der Waals surface area (Å²) in [5.41, 5.74) is 1.51. The van der Waals surface area contributed by atoms with Gasteiger partial charge in [0.05, 0.1) is 14.2 Å². The first kappa shape index (κ1) is 24.1. The van der Waals surface area contributed by atoms with E-state index in [2.05, 4.69) is 10.6 Å². The minimum atomic E-state index is -0.718. The third kappa shape index (κ3) is 6.47. The highest BCUT2D eigenvalue weighted by Gasteiger charge is 2.27. The lowest BCUT2D eigenvalue weighted by Gasteiger charge is -2.33. The molecule has 176 valence electrons. The van der Waals surface area contributed by atoms with Crippen LogP contribution in [0.2, 0.25) is 0 Å². The first-order valence-corrected chi connectivity index (χ1v) is 11.0. The Bertz CT molecular complexity index is 971. The molecule has 0 bridgehead atoms. The van der Waals surface area contributed by atoms with E-state index in [4.69, 9.17) is 9.47 Å². The molecule has 1 aliphatic heterocycles. The molecule has 1 saturated heterocycles. The topological polar surface area (TPSA) is 97.0 Å². The van der Waals surface area contributed by atoms with Gasteiger partial charge >= 0.3 is 0 Å². The molecular weight excluding hydrogens is 422 g/mol. The van der Waals surface area contributed by atoms with Gasteiger partial charge in [0.25, 0.3) is 5.91 Å². The Hall–Kier alpha value is -3.55. The summed E-state index contributed by atoms with van der Waals surface area (Å²) in [6, 6.07) is 13.8. The van der Waals surface area contributed by atoms with E-state index in [1.54, 1.807) is 26.4 Å². The average Bonchev–Trinajstić information content (AvgIpc) is 2.83. The summed E-state index contributed by atoms with van der Waals surface area (Å²) in [7, 11) is 3.11. The number of carbonyl (C=O) groups is 3. The molecule has 0 aromatic heterocycles. The van der Waals surface area contributed by atoms with Crippen molar-refractivity contribution >= 4 is 17.7 Å². The first-order chi connectivity index (χ1) is 15.9. The van der Waals surface area contributed by atoms with Crippen molar-refractivity contribution in [2.24, 2.45) is 0 Å². The van der Waals surface area contributed by atoms with Crippen molar-refractivity contribution < 1.29 is 23.9 Å². The Kier molecular flexibility index (Phi) is 8.29. The van der Waals surface area contributed by atoms with Crippen LogP contribution in [0, 0.1) is 0 Å². The van der Waals surface area contributed by atoms with Gasteiger partial charge in [0, 0.05) is 38.0 Å². The fraction of sp³-hybridized carbons (Fsp3) is 0.400. The van der Waals surface area contributed by atoms with Crippen LogP contribution in [0.25, 0.3) is 0 Å². The summed E-state index contributed by atoms with van der Waals surface area (Å²) in [4.78, 5) is 39.2. The van der Waals surface area contributed by atoms with Crippen LogP contribution in [0.3, 0.4) is 0 Å². The van der Waals surface area contributed by atoms with E-state index in [-0.39, 0.29) is 23.8 Å². The third-order valence-corrected chi connectivity index (χ3v) is 5.73. The second kappa shape index (κ2) is 11.4. The van der Waals surface area contributed by atoms with Crippen molar-refractivity contribution in [3.05, 3.63) is 59.7 Å². The van der Waals surface area contributed by atoms with Gasteiger partial charge in [0.15, 0.2) is 11.5 Å². The van der Waals surface area contributed by atoms with E-state index in [0.717, 1.165) is 5.56 Å². The monoisotopic (exact) mass is 453 g/mol. The minimum absolute atomic E-state index is 0.00459. The summed E-state index contributed by atoms with van der Waals surface area (Å²) in [5.74, 6) is 0.641. The number of carbonyl (C=O) groups excluding carboxylic acids is 3. The summed E-state index contributed by atoms with van der Waals surface area (Å²) in [6.45, 7) is 2.53. The van der Waals surface area contributed by atoms with E-state index < -0.39 is 6.04 Å². The lowest BCUT2D eigenvalue weighted by molar-refractivity contribution is -0.128. The number of methoxy groups -OCH3 is 2. The number of rotatable bonds is 8. The van der Waals surface area contributed by atoms with Gasteiger partial charge in [-0.15, -0.1) is 0 Å². The standard InChI is InChI=1S/C25H31N3O5/c1-17(29)26-21(15-18-9-10-22(32-2)23(16-18)33-3)24(30)27-20-11-13-28(14-12-20)25(31)19-7-5-4-6-8-19/h4-10,16,20-21H,11-15H2,1-3H3,(H,26,29)(H,27,30)/t21-/m1/s1. The van der Waals surface area contributed by atoms with Crippen LogP contribution >= 0.6 is 0 Å². The fourth-order valence-corrected chi connectivity index (χ4v) is 3.99. The molecule has 0 radical (unpaired) electrons. The minimum Gasteiger partial charge on any atom is -0.493 e. The predicted octanol–water partition coefficient (Wildman–Crippen LogP) is 2.17. The van der Waals surface area contributed by atoms with Crippen LogP contribution in [-0.4, -0.2) is 62.0 Å². The highest BCUT2D eigenvalue weighted by atomic mass is 16.5. The average molecular weight is 454 g/mol. The van der Waals surface area contributed by atoms with Crippen molar-refractivity contribution in [2.75, 3.05) is 27.3 Å². The Morgan fingerprint density at radius 2 is 1.67 bits per heavy atom. The second-order valence-corrected chi connectivity index (χ2v) is 8.09. The van der Waals surface area contributed by atoms with E-state index in [0.29, 0.717) is 49.4 Å². The number of nitrogens with zero attached hydrogens (tertiary/aromatic N) is 1. The Morgan fingerprint density at radius 3 is 2.27 bits per heavy atom. The van der Waals surface area contributed by atoms with Crippen molar-refractivity contribution in [2.45, 2.75) is 38.3 Å². The molecule has 3 amide bonds. The van der Waals surface area contributed by atoms with Crippen LogP contribution in [0.4, 0.5) is 0 Å². The molecule has 1 fully saturated rings. The molecule has 0 saturated carbocycles. The van der Waals surface area contributed by atoms with E-state index in [1.165, 1.54) is 6.92 Å². The number of amides is 3. The molecule has 3 rings (SSSR count). The highest BCUT2D eigenvalue weighted by Crippen LogP contribution is 2.28. The molecule has 2 aromatic rings. The van der Waals surface area contributed by atoms with Crippen molar-refractivity contribution in [1.82, 2.24) is 15.5 Å². The van der Waals surface area contributed by atoms with Crippen LogP contribution in [0.1, 0.15) is 35.7 Å². The molecule has 2 aromatic carbocycles. The van der Waals surface area contributed by atoms with Crippen molar-refractivity contribution in [3.63, 3.8) is 0 Å². The molecule has 1 aliphatic rings. The van der Waals surface area contributed by atoms with Gasteiger partial charge in [0.2, 0.25) is 11.8 Å². The maximum Gasteiger partial charge on any atom is 0.253 e. The van der Waals surface area contributed by atoms with Gasteiger partial charge in [0.1, 0.15) is 6.04 Å². The number of likely N-dealkylation sites (tertiary alicyclic amines) is 1. The Balaban J connectivity index is 1.59. The van der Waals surface area contributed by atoms with Gasteiger partial charge in [-0.1, -0.05) is 24.3 Å². The molecule has 8 nitrogen and oxygen atoms in total. The van der Waals surface area contributed by atoms with Crippen LogP contribution < -0.4 is 20.1 Å². The fourth-order valence-electron chi connectivity index (χ4n) is 3.99. The lowest BCUT2D eigenvalue weighted by Crippen LogP contribution is -2.53. The number of nitrogens with one attached hydrogen (secondary N) is 2. The van der Waals surface area contributed by atoms with Crippen LogP contribution in [-0.2, 0) is 16.0 Å². The van der Waals surface area contributed by atoms with Gasteiger partial charge in [-0.2, -0.15) is 0 Å². The van der Waals surface area contributed by atoms with Crippen molar-refractivity contribution in [3.8, 4) is 11.5 Å². The Labute approximate surface area is 194 Å². The molecule has 1 atom stereocenters. The number of hydrogen-bond acceptors (Lipinski definition) is 5. The van der Waals surface area contributed by atoms with Gasteiger partial charge in [-0.25, -0.2) is 0 Å². The first-order valence-electron chi connectivity index (χ1n) is 11.0. The maximum absolute atomic E-state index is 13.0. The van der Waals surface area contributed by atoms with Gasteiger partial charge in [-0.05, 0) is 42.7 Å². The number of benzene rings is 2. The summed E-state index contributed by atoms with van der Waals surface area (Å²) in [5, 5.41) is 5.79. The SMILES string of the molecule is COc1ccc(C[C@@H](NC(C)=O)C(=O)NC2CCN(C(=O)c3ccccc3)CC2)cc1OC. The molecule has 1 heterocycles. The second-order valence-electron chi connectivity index (χ2n) is 8.09. The lowest BCUT2D eigenvalue weighted by atomic mass is 10.0. The summed E-state index contributed by atoms with van der Waals surface area (Å²) in [6.07, 6.45) is 1.64. The number of hydrogen-bond donors (Lipinski definition) is 2. The summed E-state index contributed by atoms with van der Waals surface area (Å²) >= 11 is 0. The highest BCUT2D eigenvalue weighted by molar-refractivity contribution is 5.94.